The van der Waals surface area contributed by atoms with E-state index >= 15 is 0 Å². The normalized spacial score (nSPS) is 15.2. The summed E-state index contributed by atoms with van der Waals surface area (Å²) in [6.07, 6.45) is 2.12. The van der Waals surface area contributed by atoms with E-state index in [0.29, 0.717) is 0 Å². The fraction of sp³-hybridized carbons (Fsp3) is 0.310. The minimum Gasteiger partial charge on any atom is -0.508 e. The summed E-state index contributed by atoms with van der Waals surface area (Å²) < 4.78 is 6.46. The molecular formula is C29H34N2O3. The highest BCUT2D eigenvalue weighted by Gasteiger charge is 2.29. The first kappa shape index (κ1) is 23.7. The van der Waals surface area contributed by atoms with E-state index in [1.54, 1.807) is 24.3 Å². The number of hydrogen-bond donors (Lipinski definition) is 3. The standard InChI is InChI=1S/C29H34N2O3/c1-4-5-16-31(3)17-15-30-23-11-9-21(10-12-23)29-28(22-7-6-8-24(32)18-22)20(2)26-19-25(33)13-14-27(26)34-29/h6-14,18-19,29-30,32-33H,4-5,15-17H2,1-3H3. The van der Waals surface area contributed by atoms with Crippen LogP contribution < -0.4 is 10.1 Å². The van der Waals surface area contributed by atoms with Crippen LogP contribution in [0.1, 0.15) is 49.5 Å². The summed E-state index contributed by atoms with van der Waals surface area (Å²) in [6.45, 7) is 7.27. The Morgan fingerprint density at radius 2 is 1.71 bits per heavy atom. The fourth-order valence-corrected chi connectivity index (χ4v) is 4.42. The molecule has 5 nitrogen and oxygen atoms in total. The van der Waals surface area contributed by atoms with Crippen molar-refractivity contribution in [2.45, 2.75) is 32.8 Å². The number of phenols is 2. The van der Waals surface area contributed by atoms with Crippen molar-refractivity contribution in [3.8, 4) is 17.2 Å². The van der Waals surface area contributed by atoms with Crippen LogP contribution in [0, 0.1) is 0 Å². The topological polar surface area (TPSA) is 65.0 Å². The zero-order chi connectivity index (χ0) is 24.1. The molecule has 4 rings (SSSR count). The number of fused-ring (bicyclic) bond motifs is 1. The second-order valence-corrected chi connectivity index (χ2v) is 8.97. The number of rotatable bonds is 9. The van der Waals surface area contributed by atoms with Crippen molar-refractivity contribution in [2.24, 2.45) is 0 Å². The van der Waals surface area contributed by atoms with Gasteiger partial charge in [0.1, 0.15) is 23.4 Å². The van der Waals surface area contributed by atoms with Gasteiger partial charge in [0.15, 0.2) is 0 Å². The summed E-state index contributed by atoms with van der Waals surface area (Å²) in [5.74, 6) is 1.15. The molecule has 178 valence electrons. The Morgan fingerprint density at radius 3 is 2.44 bits per heavy atom. The molecule has 0 radical (unpaired) electrons. The predicted octanol–water partition coefficient (Wildman–Crippen LogP) is 6.31. The Hall–Kier alpha value is -3.44. The van der Waals surface area contributed by atoms with E-state index in [1.165, 1.54) is 12.8 Å². The van der Waals surface area contributed by atoms with Gasteiger partial charge >= 0.3 is 0 Å². The summed E-state index contributed by atoms with van der Waals surface area (Å²) in [5, 5.41) is 23.7. The highest BCUT2D eigenvalue weighted by Crippen LogP contribution is 2.47. The van der Waals surface area contributed by atoms with Gasteiger partial charge in [0.25, 0.3) is 0 Å². The van der Waals surface area contributed by atoms with Gasteiger partial charge in [-0.1, -0.05) is 37.6 Å². The largest absolute Gasteiger partial charge is 0.508 e. The predicted molar refractivity (Wildman–Crippen MR) is 139 cm³/mol. The minimum absolute atomic E-state index is 0.200. The molecule has 0 saturated carbocycles. The van der Waals surface area contributed by atoms with E-state index in [4.69, 9.17) is 4.74 Å². The van der Waals surface area contributed by atoms with E-state index in [0.717, 1.165) is 58.9 Å². The monoisotopic (exact) mass is 458 g/mol. The maximum Gasteiger partial charge on any atom is 0.150 e. The zero-order valence-corrected chi connectivity index (χ0v) is 20.2. The quantitative estimate of drug-likeness (QED) is 0.351. The Bertz CT molecular complexity index is 1150. The molecule has 0 amide bonds. The van der Waals surface area contributed by atoms with Crippen LogP contribution in [0.25, 0.3) is 11.1 Å². The number of anilines is 1. The number of allylic oxidation sites excluding steroid dienone is 1. The van der Waals surface area contributed by atoms with Crippen molar-refractivity contribution in [3.63, 3.8) is 0 Å². The van der Waals surface area contributed by atoms with Gasteiger partial charge in [0, 0.05) is 29.9 Å². The summed E-state index contributed by atoms with van der Waals surface area (Å²) in [5.41, 5.74) is 5.86. The smallest absolute Gasteiger partial charge is 0.150 e. The number of aromatic hydroxyl groups is 2. The van der Waals surface area contributed by atoms with Gasteiger partial charge in [-0.05, 0) is 86.1 Å². The highest BCUT2D eigenvalue weighted by molar-refractivity contribution is 5.95. The Labute approximate surface area is 202 Å². The third-order valence-corrected chi connectivity index (χ3v) is 6.36. The van der Waals surface area contributed by atoms with Gasteiger partial charge in [-0.3, -0.25) is 0 Å². The summed E-state index contributed by atoms with van der Waals surface area (Å²) >= 11 is 0. The van der Waals surface area contributed by atoms with Crippen LogP contribution in [0.4, 0.5) is 5.69 Å². The van der Waals surface area contributed by atoms with Crippen molar-refractivity contribution < 1.29 is 14.9 Å². The zero-order valence-electron chi connectivity index (χ0n) is 20.2. The van der Waals surface area contributed by atoms with Gasteiger partial charge in [0.05, 0.1) is 0 Å². The molecule has 0 aliphatic carbocycles. The molecule has 1 aliphatic rings. The third kappa shape index (κ3) is 5.37. The maximum absolute atomic E-state index is 10.1. The van der Waals surface area contributed by atoms with E-state index < -0.39 is 0 Å². The van der Waals surface area contributed by atoms with Gasteiger partial charge in [-0.2, -0.15) is 0 Å². The number of likely N-dealkylation sites (N-methyl/N-ethyl adjacent to an activating group) is 1. The van der Waals surface area contributed by atoms with Crippen molar-refractivity contribution in [2.75, 3.05) is 32.0 Å². The van der Waals surface area contributed by atoms with Crippen LogP contribution in [-0.2, 0) is 0 Å². The summed E-state index contributed by atoms with van der Waals surface area (Å²) in [7, 11) is 2.16. The molecule has 1 heterocycles. The minimum atomic E-state index is -0.326. The molecule has 0 fully saturated rings. The SMILES string of the molecule is CCCCN(C)CCNc1ccc(C2Oc3ccc(O)cc3C(C)=C2c2cccc(O)c2)cc1. The molecule has 0 spiro atoms. The number of phenolic OH excluding ortho intramolecular Hbond substituents is 2. The molecule has 1 aliphatic heterocycles. The summed E-state index contributed by atoms with van der Waals surface area (Å²) in [4.78, 5) is 2.35. The summed E-state index contributed by atoms with van der Waals surface area (Å²) in [6, 6.07) is 20.8. The van der Waals surface area contributed by atoms with Crippen molar-refractivity contribution in [1.82, 2.24) is 4.90 Å². The van der Waals surface area contributed by atoms with Crippen LogP contribution in [0.3, 0.4) is 0 Å². The van der Waals surface area contributed by atoms with E-state index in [2.05, 4.69) is 48.5 Å². The lowest BCUT2D eigenvalue weighted by Gasteiger charge is -2.31. The van der Waals surface area contributed by atoms with Crippen LogP contribution in [-0.4, -0.2) is 41.8 Å². The number of unbranched alkanes of at least 4 members (excludes halogenated alkanes) is 1. The number of hydrogen-bond acceptors (Lipinski definition) is 5. The number of ether oxygens (including phenoxy) is 1. The lowest BCUT2D eigenvalue weighted by atomic mass is 9.86. The molecule has 1 unspecified atom stereocenters. The van der Waals surface area contributed by atoms with Gasteiger partial charge in [-0.25, -0.2) is 0 Å². The van der Waals surface area contributed by atoms with Crippen LogP contribution in [0.15, 0.2) is 66.7 Å². The first-order valence-corrected chi connectivity index (χ1v) is 12.0. The average molecular weight is 459 g/mol. The Kier molecular flexibility index (Phi) is 7.43. The van der Waals surface area contributed by atoms with Crippen LogP contribution >= 0.6 is 0 Å². The number of benzene rings is 3. The molecule has 0 bridgehead atoms. The molecule has 0 aromatic heterocycles. The van der Waals surface area contributed by atoms with E-state index in [-0.39, 0.29) is 17.6 Å². The number of nitrogens with one attached hydrogen (secondary N) is 1. The lowest BCUT2D eigenvalue weighted by Crippen LogP contribution is -2.26. The average Bonchev–Trinajstić information content (AvgIpc) is 2.83. The first-order valence-electron chi connectivity index (χ1n) is 12.0. The Morgan fingerprint density at radius 1 is 0.941 bits per heavy atom. The van der Waals surface area contributed by atoms with E-state index in [1.807, 2.05) is 25.1 Å². The van der Waals surface area contributed by atoms with Crippen molar-refractivity contribution in [3.05, 3.63) is 83.4 Å². The molecule has 1 atom stereocenters. The molecule has 0 saturated heterocycles. The molecule has 3 N–H and O–H groups in total. The van der Waals surface area contributed by atoms with Gasteiger partial charge < -0.3 is 25.2 Å². The lowest BCUT2D eigenvalue weighted by molar-refractivity contribution is 0.259. The van der Waals surface area contributed by atoms with E-state index in [9.17, 15) is 10.2 Å². The number of nitrogens with zero attached hydrogens (tertiary/aromatic N) is 1. The van der Waals surface area contributed by atoms with Crippen molar-refractivity contribution >= 4 is 16.8 Å². The fourth-order valence-electron chi connectivity index (χ4n) is 4.42. The molecular weight excluding hydrogens is 424 g/mol. The third-order valence-electron chi connectivity index (χ3n) is 6.36. The van der Waals surface area contributed by atoms with Crippen LogP contribution in [0.5, 0.6) is 17.2 Å². The molecule has 34 heavy (non-hydrogen) atoms. The highest BCUT2D eigenvalue weighted by atomic mass is 16.5. The first-order chi connectivity index (χ1) is 16.5. The molecule has 3 aromatic rings. The van der Waals surface area contributed by atoms with Gasteiger partial charge in [0.2, 0.25) is 0 Å². The second-order valence-electron chi connectivity index (χ2n) is 8.97. The Balaban J connectivity index is 1.59. The maximum atomic E-state index is 10.1. The van der Waals surface area contributed by atoms with Gasteiger partial charge in [-0.15, -0.1) is 0 Å². The molecule has 3 aromatic carbocycles. The van der Waals surface area contributed by atoms with Crippen LogP contribution in [0.2, 0.25) is 0 Å². The second kappa shape index (κ2) is 10.7. The molecule has 5 heteroatoms. The van der Waals surface area contributed by atoms with Crippen molar-refractivity contribution in [1.29, 1.82) is 0 Å².